The van der Waals surface area contributed by atoms with Crippen LogP contribution in [0.4, 0.5) is 27.6 Å². The van der Waals surface area contributed by atoms with Crippen LogP contribution in [0.5, 0.6) is 5.75 Å². The number of carbonyl (C=O) groups excluding carboxylic acids is 1. The number of hydrogen-bond acceptors (Lipinski definition) is 2. The Kier molecular flexibility index (Phi) is 5.38. The molecule has 0 unspecified atom stereocenters. The fourth-order valence-corrected chi connectivity index (χ4v) is 1.96. The average molecular weight is 345 g/mol. The number of carbonyl (C=O) groups is 1. The molecule has 2 aromatic rings. The molecule has 0 heterocycles. The number of alkyl halides is 5. The van der Waals surface area contributed by atoms with E-state index < -0.39 is 24.3 Å². The zero-order valence-corrected chi connectivity index (χ0v) is 12.1. The minimum atomic E-state index is -4.45. The lowest BCUT2D eigenvalue weighted by Gasteiger charge is -2.12. The van der Waals surface area contributed by atoms with E-state index in [1.807, 2.05) is 0 Å². The Morgan fingerprint density at radius 2 is 1.67 bits per heavy atom. The molecule has 0 saturated carbocycles. The van der Waals surface area contributed by atoms with Gasteiger partial charge >= 0.3 is 12.8 Å². The van der Waals surface area contributed by atoms with Gasteiger partial charge in [-0.1, -0.05) is 24.3 Å². The number of nitrogens with one attached hydrogen (secondary N) is 1. The molecule has 2 rings (SSSR count). The minimum Gasteiger partial charge on any atom is -0.433 e. The highest BCUT2D eigenvalue weighted by molar-refractivity contribution is 5.93. The smallest absolute Gasteiger partial charge is 0.416 e. The van der Waals surface area contributed by atoms with Gasteiger partial charge in [-0.25, -0.2) is 0 Å². The summed E-state index contributed by atoms with van der Waals surface area (Å²) in [5.74, 6) is -0.770. The van der Waals surface area contributed by atoms with Gasteiger partial charge in [0.15, 0.2) is 0 Å². The van der Waals surface area contributed by atoms with Crippen molar-refractivity contribution in [2.75, 3.05) is 5.32 Å². The van der Waals surface area contributed by atoms with Gasteiger partial charge in [-0.3, -0.25) is 4.79 Å². The molecule has 0 saturated heterocycles. The summed E-state index contributed by atoms with van der Waals surface area (Å²) < 4.78 is 66.3. The predicted octanol–water partition coefficient (Wildman–Crippen LogP) is 4.49. The van der Waals surface area contributed by atoms with E-state index in [9.17, 15) is 26.7 Å². The number of amides is 1. The number of para-hydroxylation sites is 2. The highest BCUT2D eigenvalue weighted by Gasteiger charge is 2.29. The molecule has 0 radical (unpaired) electrons. The van der Waals surface area contributed by atoms with Crippen LogP contribution in [0, 0.1) is 0 Å². The van der Waals surface area contributed by atoms with Gasteiger partial charge in [0.05, 0.1) is 17.7 Å². The molecule has 0 aliphatic rings. The van der Waals surface area contributed by atoms with Crippen molar-refractivity contribution in [1.29, 1.82) is 0 Å². The molecule has 0 aliphatic heterocycles. The van der Waals surface area contributed by atoms with Crippen LogP contribution in [0.25, 0.3) is 0 Å². The summed E-state index contributed by atoms with van der Waals surface area (Å²) in [6.07, 6.45) is -4.66. The maximum absolute atomic E-state index is 12.5. The van der Waals surface area contributed by atoms with E-state index in [0.717, 1.165) is 12.1 Å². The zero-order chi connectivity index (χ0) is 17.7. The summed E-state index contributed by atoms with van der Waals surface area (Å²) in [7, 11) is 0. The molecule has 24 heavy (non-hydrogen) atoms. The lowest BCUT2D eigenvalue weighted by molar-refractivity contribution is -0.137. The van der Waals surface area contributed by atoms with Gasteiger partial charge in [0, 0.05) is 0 Å². The normalized spacial score (nSPS) is 11.4. The molecular weight excluding hydrogens is 333 g/mol. The number of ether oxygens (including phenoxy) is 1. The molecule has 128 valence electrons. The van der Waals surface area contributed by atoms with E-state index in [1.54, 1.807) is 0 Å². The van der Waals surface area contributed by atoms with Crippen LogP contribution >= 0.6 is 0 Å². The van der Waals surface area contributed by atoms with E-state index in [-0.39, 0.29) is 17.9 Å². The number of hydrogen-bond donors (Lipinski definition) is 1. The Morgan fingerprint density at radius 1 is 1.04 bits per heavy atom. The molecule has 0 spiro atoms. The Balaban J connectivity index is 2.04. The second-order valence-corrected chi connectivity index (χ2v) is 4.79. The number of benzene rings is 2. The minimum absolute atomic E-state index is 0.0507. The number of rotatable bonds is 5. The molecule has 8 heteroatoms. The molecule has 2 aromatic carbocycles. The molecule has 0 atom stereocenters. The first-order valence-electron chi connectivity index (χ1n) is 6.75. The van der Waals surface area contributed by atoms with Crippen molar-refractivity contribution < 1.29 is 31.5 Å². The third-order valence-corrected chi connectivity index (χ3v) is 3.02. The van der Waals surface area contributed by atoms with Gasteiger partial charge < -0.3 is 10.1 Å². The zero-order valence-electron chi connectivity index (χ0n) is 12.1. The van der Waals surface area contributed by atoms with E-state index >= 15 is 0 Å². The van der Waals surface area contributed by atoms with E-state index in [0.29, 0.717) is 5.56 Å². The largest absolute Gasteiger partial charge is 0.433 e. The summed E-state index contributed by atoms with van der Waals surface area (Å²) >= 11 is 0. The van der Waals surface area contributed by atoms with E-state index in [1.165, 1.54) is 36.4 Å². The van der Waals surface area contributed by atoms with Gasteiger partial charge in [0.1, 0.15) is 5.75 Å². The highest BCUT2D eigenvalue weighted by Crippen LogP contribution is 2.29. The monoisotopic (exact) mass is 345 g/mol. The topological polar surface area (TPSA) is 38.3 Å². The van der Waals surface area contributed by atoms with Crippen LogP contribution in [-0.2, 0) is 17.4 Å². The van der Waals surface area contributed by atoms with Crippen molar-refractivity contribution in [3.05, 3.63) is 59.7 Å². The van der Waals surface area contributed by atoms with Crippen molar-refractivity contribution in [2.45, 2.75) is 19.2 Å². The Hall–Kier alpha value is -2.64. The van der Waals surface area contributed by atoms with Crippen molar-refractivity contribution in [1.82, 2.24) is 0 Å². The van der Waals surface area contributed by atoms with Gasteiger partial charge in [0.25, 0.3) is 0 Å². The van der Waals surface area contributed by atoms with Crippen molar-refractivity contribution in [2.24, 2.45) is 0 Å². The molecular formula is C16H12F5NO2. The quantitative estimate of drug-likeness (QED) is 0.811. The maximum atomic E-state index is 12.5. The first kappa shape index (κ1) is 17.7. The van der Waals surface area contributed by atoms with Crippen LogP contribution < -0.4 is 10.1 Å². The molecule has 3 nitrogen and oxygen atoms in total. The maximum Gasteiger partial charge on any atom is 0.416 e. The third-order valence-electron chi connectivity index (χ3n) is 3.02. The second-order valence-electron chi connectivity index (χ2n) is 4.79. The Morgan fingerprint density at radius 3 is 2.25 bits per heavy atom. The average Bonchev–Trinajstić information content (AvgIpc) is 2.48. The fraction of sp³-hybridized carbons (Fsp3) is 0.188. The summed E-state index contributed by atoms with van der Waals surface area (Å²) in [5.41, 5.74) is -0.412. The second kappa shape index (κ2) is 7.29. The summed E-state index contributed by atoms with van der Waals surface area (Å²) in [5, 5.41) is 2.39. The highest BCUT2D eigenvalue weighted by atomic mass is 19.4. The fourth-order valence-electron chi connectivity index (χ4n) is 1.96. The summed E-state index contributed by atoms with van der Waals surface area (Å²) in [6, 6.07) is 9.73. The first-order chi connectivity index (χ1) is 11.3. The lowest BCUT2D eigenvalue weighted by Crippen LogP contribution is -2.16. The Labute approximate surface area is 134 Å². The molecule has 0 aliphatic carbocycles. The summed E-state index contributed by atoms with van der Waals surface area (Å²) in [4.78, 5) is 11.9. The predicted molar refractivity (Wildman–Crippen MR) is 76.9 cm³/mol. The third kappa shape index (κ3) is 4.94. The van der Waals surface area contributed by atoms with Gasteiger partial charge in [-0.15, -0.1) is 0 Å². The first-order valence-corrected chi connectivity index (χ1v) is 6.75. The molecule has 0 aromatic heterocycles. The molecule has 0 fully saturated rings. The summed E-state index contributed by atoms with van der Waals surface area (Å²) in [6.45, 7) is -3.04. The van der Waals surface area contributed by atoms with Crippen LogP contribution in [0.2, 0.25) is 0 Å². The number of halogens is 5. The van der Waals surface area contributed by atoms with Crippen LogP contribution in [0.15, 0.2) is 48.5 Å². The van der Waals surface area contributed by atoms with Crippen molar-refractivity contribution in [3.8, 4) is 5.75 Å². The van der Waals surface area contributed by atoms with Crippen LogP contribution in [0.3, 0.4) is 0 Å². The van der Waals surface area contributed by atoms with Gasteiger partial charge in [-0.2, -0.15) is 22.0 Å². The lowest BCUT2D eigenvalue weighted by atomic mass is 10.1. The molecule has 1 N–H and O–H groups in total. The van der Waals surface area contributed by atoms with Crippen LogP contribution in [0.1, 0.15) is 11.1 Å². The molecule has 0 bridgehead atoms. The van der Waals surface area contributed by atoms with Crippen molar-refractivity contribution in [3.63, 3.8) is 0 Å². The SMILES string of the molecule is O=C(Cc1ccc(C(F)(F)F)cc1)Nc1ccccc1OC(F)F. The van der Waals surface area contributed by atoms with E-state index in [4.69, 9.17) is 0 Å². The Bertz CT molecular complexity index is 698. The van der Waals surface area contributed by atoms with Gasteiger partial charge in [-0.05, 0) is 29.8 Å². The standard InChI is InChI=1S/C16H12F5NO2/c17-15(18)24-13-4-2-1-3-12(13)22-14(23)9-10-5-7-11(8-6-10)16(19,20)21/h1-8,15H,9H2,(H,22,23). The number of anilines is 1. The van der Waals surface area contributed by atoms with E-state index in [2.05, 4.69) is 10.1 Å². The van der Waals surface area contributed by atoms with Crippen molar-refractivity contribution >= 4 is 11.6 Å². The van der Waals surface area contributed by atoms with Gasteiger partial charge in [0.2, 0.25) is 5.91 Å². The van der Waals surface area contributed by atoms with Crippen LogP contribution in [-0.4, -0.2) is 12.5 Å². The molecule has 1 amide bonds.